The molecule has 162 valence electrons. The minimum absolute atomic E-state index is 0.00939. The Morgan fingerprint density at radius 1 is 1.16 bits per heavy atom. The van der Waals surface area contributed by atoms with Gasteiger partial charge in [0.1, 0.15) is 17.9 Å². The zero-order valence-electron chi connectivity index (χ0n) is 18.3. The van der Waals surface area contributed by atoms with Crippen LogP contribution in [0.4, 0.5) is 5.82 Å². The van der Waals surface area contributed by atoms with Crippen molar-refractivity contribution in [3.05, 3.63) is 71.7 Å². The molecule has 0 bridgehead atoms. The maximum absolute atomic E-state index is 12.0. The maximum Gasteiger partial charge on any atom is 0.252 e. The van der Waals surface area contributed by atoms with Gasteiger partial charge in [-0.1, -0.05) is 12.1 Å². The van der Waals surface area contributed by atoms with Crippen LogP contribution in [0.2, 0.25) is 0 Å². The summed E-state index contributed by atoms with van der Waals surface area (Å²) in [5.41, 5.74) is 5.87. The molecule has 1 atom stereocenters. The average molecular weight is 428 g/mol. The number of hydrogen-bond acceptors (Lipinski definition) is 5. The van der Waals surface area contributed by atoms with Crippen LogP contribution in [0.25, 0.3) is 22.2 Å². The molecule has 0 saturated heterocycles. The number of carbonyl (C=O) groups excluding carboxylic acids is 1. The second kappa shape index (κ2) is 8.00. The molecule has 1 aliphatic rings. The Bertz CT molecular complexity index is 1330. The molecule has 4 aromatic rings. The summed E-state index contributed by atoms with van der Waals surface area (Å²) in [7, 11) is 1.70. The van der Waals surface area contributed by atoms with Crippen molar-refractivity contribution in [2.45, 2.75) is 26.4 Å². The highest BCUT2D eigenvalue weighted by Crippen LogP contribution is 2.30. The van der Waals surface area contributed by atoms with Crippen molar-refractivity contribution in [1.29, 1.82) is 0 Å². The number of anilines is 1. The summed E-state index contributed by atoms with van der Waals surface area (Å²) in [6.45, 7) is 5.61. The highest BCUT2D eigenvalue weighted by Gasteiger charge is 2.25. The van der Waals surface area contributed by atoms with Crippen LogP contribution in [0.5, 0.6) is 5.75 Å². The molecule has 3 heterocycles. The van der Waals surface area contributed by atoms with Gasteiger partial charge in [-0.3, -0.25) is 4.79 Å². The topological polar surface area (TPSA) is 81.1 Å². The number of benzene rings is 2. The normalized spacial score (nSPS) is 15.0. The standard InChI is InChI=1S/C25H25N5O2/c1-15-11-20-22(5-4-6-23(20)32-3)30(15)10-9-26-24-13-21(27-14-28-24)17-7-8-18-19(12-17)16(2)29-25(18)31/h4-8,11-14,16H,9-10H2,1-3H3,(H,29,31)(H,26,27,28). The number of carbonyl (C=O) groups is 1. The number of amides is 1. The third-order valence-electron chi connectivity index (χ3n) is 6.05. The van der Waals surface area contributed by atoms with Crippen molar-refractivity contribution in [3.63, 3.8) is 0 Å². The molecule has 2 N–H and O–H groups in total. The van der Waals surface area contributed by atoms with Crippen LogP contribution in [0.3, 0.4) is 0 Å². The van der Waals surface area contributed by atoms with E-state index in [4.69, 9.17) is 4.74 Å². The van der Waals surface area contributed by atoms with E-state index in [0.717, 1.165) is 57.9 Å². The molecule has 0 fully saturated rings. The van der Waals surface area contributed by atoms with E-state index in [9.17, 15) is 4.79 Å². The van der Waals surface area contributed by atoms with Crippen molar-refractivity contribution < 1.29 is 9.53 Å². The third-order valence-corrected chi connectivity index (χ3v) is 6.05. The van der Waals surface area contributed by atoms with Gasteiger partial charge in [-0.25, -0.2) is 9.97 Å². The van der Waals surface area contributed by atoms with Crippen molar-refractivity contribution in [2.24, 2.45) is 0 Å². The Morgan fingerprint density at radius 2 is 2.03 bits per heavy atom. The van der Waals surface area contributed by atoms with E-state index < -0.39 is 0 Å². The molecule has 2 aromatic carbocycles. The van der Waals surface area contributed by atoms with Crippen LogP contribution in [0, 0.1) is 6.92 Å². The monoisotopic (exact) mass is 427 g/mol. The van der Waals surface area contributed by atoms with Crippen LogP contribution in [-0.4, -0.2) is 34.1 Å². The Morgan fingerprint density at radius 3 is 2.88 bits per heavy atom. The number of aromatic nitrogens is 3. The van der Waals surface area contributed by atoms with Gasteiger partial charge in [0.05, 0.1) is 24.4 Å². The van der Waals surface area contributed by atoms with Crippen LogP contribution < -0.4 is 15.4 Å². The summed E-state index contributed by atoms with van der Waals surface area (Å²) in [6.07, 6.45) is 1.57. The fourth-order valence-corrected chi connectivity index (χ4v) is 4.41. The minimum atomic E-state index is -0.0189. The molecule has 0 saturated carbocycles. The predicted molar refractivity (Wildman–Crippen MR) is 125 cm³/mol. The predicted octanol–water partition coefficient (Wildman–Crippen LogP) is 4.33. The fourth-order valence-electron chi connectivity index (χ4n) is 4.41. The first-order valence-electron chi connectivity index (χ1n) is 10.7. The summed E-state index contributed by atoms with van der Waals surface area (Å²) in [5, 5.41) is 7.48. The molecule has 1 aliphatic heterocycles. The lowest BCUT2D eigenvalue weighted by Crippen LogP contribution is -2.16. The highest BCUT2D eigenvalue weighted by atomic mass is 16.5. The SMILES string of the molecule is COc1cccc2c1cc(C)n2CCNc1cc(-c2ccc3c(c2)C(C)NC3=O)ncn1. The number of rotatable bonds is 6. The van der Waals surface area contributed by atoms with Crippen molar-refractivity contribution in [3.8, 4) is 17.0 Å². The summed E-state index contributed by atoms with van der Waals surface area (Å²) >= 11 is 0. The molecule has 7 nitrogen and oxygen atoms in total. The van der Waals surface area contributed by atoms with Gasteiger partial charge in [0.15, 0.2) is 0 Å². The molecule has 0 spiro atoms. The lowest BCUT2D eigenvalue weighted by atomic mass is 10.0. The summed E-state index contributed by atoms with van der Waals surface area (Å²) in [5.74, 6) is 1.64. The Labute approximate surface area is 186 Å². The molecule has 1 amide bonds. The van der Waals surface area contributed by atoms with Gasteiger partial charge in [0.25, 0.3) is 5.91 Å². The lowest BCUT2D eigenvalue weighted by Gasteiger charge is -2.11. The molecular weight excluding hydrogens is 402 g/mol. The van der Waals surface area contributed by atoms with Gasteiger partial charge >= 0.3 is 0 Å². The van der Waals surface area contributed by atoms with E-state index in [1.54, 1.807) is 13.4 Å². The van der Waals surface area contributed by atoms with Gasteiger partial charge in [0.2, 0.25) is 0 Å². The van der Waals surface area contributed by atoms with Gasteiger partial charge in [-0.2, -0.15) is 0 Å². The summed E-state index contributed by atoms with van der Waals surface area (Å²) < 4.78 is 7.77. The van der Waals surface area contributed by atoms with Crippen LogP contribution >= 0.6 is 0 Å². The first-order valence-corrected chi connectivity index (χ1v) is 10.7. The Hall–Kier alpha value is -3.87. The first-order chi connectivity index (χ1) is 15.5. The molecular formula is C25H25N5O2. The number of aryl methyl sites for hydroxylation is 1. The Kier molecular flexibility index (Phi) is 5.01. The maximum atomic E-state index is 12.0. The van der Waals surface area contributed by atoms with Crippen LogP contribution in [0.1, 0.15) is 34.6 Å². The van der Waals surface area contributed by atoms with E-state index in [1.165, 1.54) is 5.69 Å². The number of ether oxygens (including phenoxy) is 1. The fraction of sp³-hybridized carbons (Fsp3) is 0.240. The lowest BCUT2D eigenvalue weighted by molar-refractivity contribution is 0.0958. The van der Waals surface area contributed by atoms with Crippen molar-refractivity contribution >= 4 is 22.6 Å². The Balaban J connectivity index is 1.33. The second-order valence-corrected chi connectivity index (χ2v) is 8.04. The largest absolute Gasteiger partial charge is 0.496 e. The van der Waals surface area contributed by atoms with E-state index in [-0.39, 0.29) is 11.9 Å². The van der Waals surface area contributed by atoms with Crippen LogP contribution in [0.15, 0.2) is 54.9 Å². The van der Waals surface area contributed by atoms with Crippen molar-refractivity contribution in [2.75, 3.05) is 19.0 Å². The molecule has 2 aromatic heterocycles. The van der Waals surface area contributed by atoms with Crippen molar-refractivity contribution in [1.82, 2.24) is 19.9 Å². The molecule has 0 aliphatic carbocycles. The first kappa shape index (κ1) is 20.1. The number of methoxy groups -OCH3 is 1. The van der Waals surface area contributed by atoms with Crippen LogP contribution in [-0.2, 0) is 6.54 Å². The number of fused-ring (bicyclic) bond motifs is 2. The third kappa shape index (κ3) is 3.45. The zero-order valence-corrected chi connectivity index (χ0v) is 18.3. The van der Waals surface area contributed by atoms with Gasteiger partial charge in [-0.15, -0.1) is 0 Å². The van der Waals surface area contributed by atoms with E-state index in [1.807, 2.05) is 43.3 Å². The van der Waals surface area contributed by atoms with E-state index in [2.05, 4.69) is 44.2 Å². The summed E-state index contributed by atoms with van der Waals surface area (Å²) in [4.78, 5) is 20.8. The zero-order chi connectivity index (χ0) is 22.2. The number of nitrogens with one attached hydrogen (secondary N) is 2. The quantitative estimate of drug-likeness (QED) is 0.479. The number of nitrogens with zero attached hydrogens (tertiary/aromatic N) is 3. The molecule has 0 radical (unpaired) electrons. The molecule has 32 heavy (non-hydrogen) atoms. The summed E-state index contributed by atoms with van der Waals surface area (Å²) in [6, 6.07) is 16.1. The number of hydrogen-bond donors (Lipinski definition) is 2. The molecule has 1 unspecified atom stereocenters. The molecule has 7 heteroatoms. The highest BCUT2D eigenvalue weighted by molar-refractivity contribution is 5.99. The van der Waals surface area contributed by atoms with E-state index >= 15 is 0 Å². The average Bonchev–Trinajstić information content (AvgIpc) is 3.28. The van der Waals surface area contributed by atoms with E-state index in [0.29, 0.717) is 0 Å². The van der Waals surface area contributed by atoms with Gasteiger partial charge < -0.3 is 19.9 Å². The minimum Gasteiger partial charge on any atom is -0.496 e. The molecule has 5 rings (SSSR count). The smallest absolute Gasteiger partial charge is 0.252 e. The second-order valence-electron chi connectivity index (χ2n) is 8.04. The van der Waals surface area contributed by atoms with Gasteiger partial charge in [-0.05, 0) is 49.7 Å². The van der Waals surface area contributed by atoms with Gasteiger partial charge in [0, 0.05) is 41.4 Å².